The van der Waals surface area contributed by atoms with Crippen molar-refractivity contribution in [2.24, 2.45) is 12.5 Å². The van der Waals surface area contributed by atoms with Crippen LogP contribution in [0.5, 0.6) is 0 Å². The Morgan fingerprint density at radius 1 is 1.37 bits per heavy atom. The second-order valence-electron chi connectivity index (χ2n) is 5.79. The fourth-order valence-electron chi connectivity index (χ4n) is 3.34. The molecular weight excluding hydrogens is 240 g/mol. The monoisotopic (exact) mass is 260 g/mol. The van der Waals surface area contributed by atoms with Gasteiger partial charge < -0.3 is 4.90 Å². The number of likely N-dealkylation sites (tertiary alicyclic amines) is 1. The van der Waals surface area contributed by atoms with E-state index in [-0.39, 0.29) is 5.91 Å². The molecule has 5 nitrogen and oxygen atoms in total. The van der Waals surface area contributed by atoms with Gasteiger partial charge in [-0.15, -0.1) is 5.10 Å². The molecule has 2 aliphatic rings. The van der Waals surface area contributed by atoms with Crippen molar-refractivity contribution in [1.82, 2.24) is 19.9 Å². The van der Waals surface area contributed by atoms with Gasteiger partial charge >= 0.3 is 0 Å². The smallest absolute Gasteiger partial charge is 0.273 e. The van der Waals surface area contributed by atoms with Crippen molar-refractivity contribution >= 4 is 5.91 Å². The zero-order valence-electron chi connectivity index (χ0n) is 11.4. The van der Waals surface area contributed by atoms with Gasteiger partial charge in [0.05, 0.1) is 6.20 Å². The molecule has 0 aromatic carbocycles. The lowest BCUT2D eigenvalue weighted by atomic mass is 9.71. The van der Waals surface area contributed by atoms with E-state index in [1.807, 2.05) is 4.90 Å². The standard InChI is InChI=1S/C14H20N4O/c1-17-12(10-15-16-17)13(19)18-9-5-8-14(11-18)6-3-2-4-7-14/h2-3,10H,4-9,11H2,1H3/t14-/m1/s1. The molecule has 0 saturated carbocycles. The van der Waals surface area contributed by atoms with Crippen LogP contribution in [0.25, 0.3) is 0 Å². The lowest BCUT2D eigenvalue weighted by Gasteiger charge is -2.43. The lowest BCUT2D eigenvalue weighted by molar-refractivity contribution is 0.0474. The number of carbonyl (C=O) groups is 1. The first-order valence-electron chi connectivity index (χ1n) is 6.99. The molecule has 1 spiro atoms. The van der Waals surface area contributed by atoms with E-state index in [4.69, 9.17) is 0 Å². The predicted octanol–water partition coefficient (Wildman–Crippen LogP) is 1.78. The van der Waals surface area contributed by atoms with Crippen molar-refractivity contribution in [3.05, 3.63) is 24.0 Å². The summed E-state index contributed by atoms with van der Waals surface area (Å²) >= 11 is 0. The van der Waals surface area contributed by atoms with Gasteiger partial charge in [-0.3, -0.25) is 4.79 Å². The Labute approximate surface area is 113 Å². The van der Waals surface area contributed by atoms with Gasteiger partial charge in [0.2, 0.25) is 0 Å². The predicted molar refractivity (Wildman–Crippen MR) is 71.6 cm³/mol. The molecule has 19 heavy (non-hydrogen) atoms. The molecule has 3 rings (SSSR count). The number of piperidine rings is 1. The Morgan fingerprint density at radius 2 is 2.26 bits per heavy atom. The molecule has 1 aromatic rings. The number of aromatic nitrogens is 3. The minimum atomic E-state index is 0.0705. The van der Waals surface area contributed by atoms with Crippen LogP contribution < -0.4 is 0 Å². The van der Waals surface area contributed by atoms with E-state index in [1.54, 1.807) is 17.9 Å². The maximum absolute atomic E-state index is 12.5. The van der Waals surface area contributed by atoms with Gasteiger partial charge in [-0.1, -0.05) is 17.4 Å². The van der Waals surface area contributed by atoms with Gasteiger partial charge in [0, 0.05) is 20.1 Å². The minimum absolute atomic E-state index is 0.0705. The number of hydrogen-bond acceptors (Lipinski definition) is 3. The fourth-order valence-corrected chi connectivity index (χ4v) is 3.34. The molecule has 0 bridgehead atoms. The number of hydrogen-bond donors (Lipinski definition) is 0. The number of carbonyl (C=O) groups excluding carboxylic acids is 1. The number of rotatable bonds is 1. The highest BCUT2D eigenvalue weighted by Crippen LogP contribution is 2.40. The number of amides is 1. The quantitative estimate of drug-likeness (QED) is 0.723. The summed E-state index contributed by atoms with van der Waals surface area (Å²) in [7, 11) is 1.77. The first-order chi connectivity index (χ1) is 9.20. The second-order valence-corrected chi connectivity index (χ2v) is 5.79. The van der Waals surface area contributed by atoms with Gasteiger partial charge in [0.15, 0.2) is 0 Å². The number of nitrogens with zero attached hydrogens (tertiary/aromatic N) is 4. The molecule has 0 N–H and O–H groups in total. The van der Waals surface area contributed by atoms with Crippen LogP contribution in [0, 0.1) is 5.41 Å². The maximum Gasteiger partial charge on any atom is 0.273 e. The third-order valence-electron chi connectivity index (χ3n) is 4.44. The van der Waals surface area contributed by atoms with Crippen molar-refractivity contribution in [2.45, 2.75) is 32.1 Å². The summed E-state index contributed by atoms with van der Waals surface area (Å²) in [5, 5.41) is 7.64. The van der Waals surface area contributed by atoms with Crippen LogP contribution in [0.15, 0.2) is 18.3 Å². The van der Waals surface area contributed by atoms with Gasteiger partial charge in [0.25, 0.3) is 5.91 Å². The van der Waals surface area contributed by atoms with Crippen LogP contribution in [0.1, 0.15) is 42.6 Å². The molecule has 2 heterocycles. The average Bonchev–Trinajstić information content (AvgIpc) is 2.85. The van der Waals surface area contributed by atoms with Crippen LogP contribution in [-0.4, -0.2) is 38.9 Å². The molecule has 0 radical (unpaired) electrons. The Balaban J connectivity index is 1.77. The number of allylic oxidation sites excluding steroid dienone is 2. The van der Waals surface area contributed by atoms with Crippen LogP contribution in [-0.2, 0) is 7.05 Å². The molecule has 0 unspecified atom stereocenters. The van der Waals surface area contributed by atoms with Crippen molar-refractivity contribution < 1.29 is 4.79 Å². The summed E-state index contributed by atoms with van der Waals surface area (Å²) in [6.45, 7) is 1.73. The normalized spacial score (nSPS) is 26.9. The van der Waals surface area contributed by atoms with E-state index in [9.17, 15) is 4.79 Å². The third kappa shape index (κ3) is 2.29. The highest BCUT2D eigenvalue weighted by Gasteiger charge is 2.37. The molecule has 5 heteroatoms. The summed E-state index contributed by atoms with van der Waals surface area (Å²) < 4.78 is 1.56. The Kier molecular flexibility index (Phi) is 3.12. The van der Waals surface area contributed by atoms with Crippen LogP contribution in [0.4, 0.5) is 0 Å². The van der Waals surface area contributed by atoms with Crippen LogP contribution in [0.2, 0.25) is 0 Å². The topological polar surface area (TPSA) is 51.0 Å². The van der Waals surface area contributed by atoms with Gasteiger partial charge in [-0.2, -0.15) is 0 Å². The maximum atomic E-state index is 12.5. The van der Waals surface area contributed by atoms with E-state index in [1.165, 1.54) is 12.8 Å². The molecule has 102 valence electrons. The summed E-state index contributed by atoms with van der Waals surface area (Å²) in [4.78, 5) is 14.5. The lowest BCUT2D eigenvalue weighted by Crippen LogP contribution is -2.46. The Bertz CT molecular complexity index is 507. The molecule has 1 amide bonds. The first kappa shape index (κ1) is 12.4. The number of aryl methyl sites for hydroxylation is 1. The molecule has 1 saturated heterocycles. The summed E-state index contributed by atoms with van der Waals surface area (Å²) in [5.41, 5.74) is 0.901. The van der Waals surface area contributed by atoms with E-state index in [0.717, 1.165) is 32.4 Å². The third-order valence-corrected chi connectivity index (χ3v) is 4.44. The molecular formula is C14H20N4O. The van der Waals surface area contributed by atoms with Crippen molar-refractivity contribution in [2.75, 3.05) is 13.1 Å². The summed E-state index contributed by atoms with van der Waals surface area (Å²) in [6, 6.07) is 0. The van der Waals surface area contributed by atoms with Gasteiger partial charge in [-0.25, -0.2) is 4.68 Å². The van der Waals surface area contributed by atoms with E-state index in [2.05, 4.69) is 22.5 Å². The fraction of sp³-hybridized carbons (Fsp3) is 0.643. The zero-order chi connectivity index (χ0) is 13.3. The van der Waals surface area contributed by atoms with Crippen LogP contribution >= 0.6 is 0 Å². The van der Waals surface area contributed by atoms with Gasteiger partial charge in [0.1, 0.15) is 5.69 Å². The summed E-state index contributed by atoms with van der Waals surface area (Å²) in [5.74, 6) is 0.0705. The van der Waals surface area contributed by atoms with Crippen molar-refractivity contribution in [3.8, 4) is 0 Å². The largest absolute Gasteiger partial charge is 0.337 e. The van der Waals surface area contributed by atoms with Crippen LogP contribution in [0.3, 0.4) is 0 Å². The summed E-state index contributed by atoms with van der Waals surface area (Å²) in [6.07, 6.45) is 11.9. The molecule has 1 aliphatic carbocycles. The molecule has 1 aliphatic heterocycles. The average molecular weight is 260 g/mol. The SMILES string of the molecule is Cn1nncc1C(=O)N1CCC[C@]2(CC=CCC2)C1. The molecule has 1 atom stereocenters. The first-order valence-corrected chi connectivity index (χ1v) is 6.99. The Hall–Kier alpha value is -1.65. The van der Waals surface area contributed by atoms with Gasteiger partial charge in [-0.05, 0) is 37.5 Å². The zero-order valence-corrected chi connectivity index (χ0v) is 11.4. The van der Waals surface area contributed by atoms with E-state index in [0.29, 0.717) is 11.1 Å². The molecule has 1 fully saturated rings. The van der Waals surface area contributed by atoms with Crippen molar-refractivity contribution in [1.29, 1.82) is 0 Å². The highest BCUT2D eigenvalue weighted by atomic mass is 16.2. The van der Waals surface area contributed by atoms with E-state index >= 15 is 0 Å². The molecule has 1 aromatic heterocycles. The Morgan fingerprint density at radius 3 is 2.95 bits per heavy atom. The van der Waals surface area contributed by atoms with E-state index < -0.39 is 0 Å². The highest BCUT2D eigenvalue weighted by molar-refractivity contribution is 5.92. The minimum Gasteiger partial charge on any atom is -0.337 e. The van der Waals surface area contributed by atoms with Crippen molar-refractivity contribution in [3.63, 3.8) is 0 Å². The second kappa shape index (κ2) is 4.79.